The van der Waals surface area contributed by atoms with Gasteiger partial charge in [-0.3, -0.25) is 4.79 Å². The molecule has 2 aromatic rings. The molecule has 134 valence electrons. The minimum atomic E-state index is -0.246. The summed E-state index contributed by atoms with van der Waals surface area (Å²) in [5.41, 5.74) is 0.872. The summed E-state index contributed by atoms with van der Waals surface area (Å²) in [7, 11) is 0. The van der Waals surface area contributed by atoms with E-state index in [0.29, 0.717) is 19.0 Å². The second-order valence-corrected chi connectivity index (χ2v) is 5.24. The zero-order chi connectivity index (χ0) is 17.9. The van der Waals surface area contributed by atoms with E-state index in [-0.39, 0.29) is 18.5 Å². The van der Waals surface area contributed by atoms with Crippen molar-refractivity contribution < 1.29 is 9.53 Å². The molecule has 0 unspecified atom stereocenters. The van der Waals surface area contributed by atoms with E-state index in [9.17, 15) is 4.79 Å². The smallest absolute Gasteiger partial charge is 0.316 e. The van der Waals surface area contributed by atoms with Crippen LogP contribution in [0.5, 0.6) is 6.01 Å². The molecule has 1 amide bonds. The number of carbonyl (C=O) groups is 1. The van der Waals surface area contributed by atoms with Crippen molar-refractivity contribution in [2.24, 2.45) is 0 Å². The molecule has 2 heterocycles. The highest BCUT2D eigenvalue weighted by atomic mass is 16.5. The molecule has 25 heavy (non-hydrogen) atoms. The standard InChI is InChI=1S/C16H23N7O2/c1-3-5-17-13-10-12(2)22-15(23-13)19-9-8-18-14(24)11-25-16-20-6-4-7-21-16/h4,6-7,10H,3,5,8-9,11H2,1-2H3,(H,18,24)(H2,17,19,22,23). The van der Waals surface area contributed by atoms with E-state index in [1.165, 1.54) is 0 Å². The lowest BCUT2D eigenvalue weighted by Gasteiger charge is -2.10. The number of rotatable bonds is 10. The van der Waals surface area contributed by atoms with Gasteiger partial charge >= 0.3 is 6.01 Å². The van der Waals surface area contributed by atoms with Crippen LogP contribution in [0.3, 0.4) is 0 Å². The summed E-state index contributed by atoms with van der Waals surface area (Å²) >= 11 is 0. The average molecular weight is 345 g/mol. The van der Waals surface area contributed by atoms with Gasteiger partial charge in [0, 0.05) is 43.8 Å². The first-order valence-corrected chi connectivity index (χ1v) is 8.17. The fourth-order valence-corrected chi connectivity index (χ4v) is 1.91. The van der Waals surface area contributed by atoms with Crippen molar-refractivity contribution in [3.8, 4) is 6.01 Å². The number of carbonyl (C=O) groups excluding carboxylic acids is 1. The van der Waals surface area contributed by atoms with Gasteiger partial charge in [0.25, 0.3) is 5.91 Å². The molecule has 9 nitrogen and oxygen atoms in total. The Hall–Kier alpha value is -2.97. The molecule has 0 aliphatic heterocycles. The van der Waals surface area contributed by atoms with Gasteiger partial charge in [-0.25, -0.2) is 15.0 Å². The predicted molar refractivity (Wildman–Crippen MR) is 94.6 cm³/mol. The number of aryl methyl sites for hydroxylation is 1. The highest BCUT2D eigenvalue weighted by molar-refractivity contribution is 5.77. The van der Waals surface area contributed by atoms with Gasteiger partial charge in [0.1, 0.15) is 5.82 Å². The number of aromatic nitrogens is 4. The summed E-state index contributed by atoms with van der Waals surface area (Å²) in [6.45, 7) is 5.66. The fourth-order valence-electron chi connectivity index (χ4n) is 1.91. The Morgan fingerprint density at radius 1 is 1.12 bits per heavy atom. The lowest BCUT2D eigenvalue weighted by atomic mass is 10.4. The van der Waals surface area contributed by atoms with Crippen LogP contribution in [0, 0.1) is 6.92 Å². The van der Waals surface area contributed by atoms with Gasteiger partial charge in [0.05, 0.1) is 0 Å². The zero-order valence-electron chi connectivity index (χ0n) is 14.5. The Bertz CT molecular complexity index is 667. The van der Waals surface area contributed by atoms with Crippen molar-refractivity contribution in [2.75, 3.05) is 36.9 Å². The molecule has 2 aromatic heterocycles. The molecule has 0 atom stereocenters. The van der Waals surface area contributed by atoms with Crippen LogP contribution < -0.4 is 20.7 Å². The molecule has 2 rings (SSSR count). The minimum Gasteiger partial charge on any atom is -0.453 e. The van der Waals surface area contributed by atoms with Crippen molar-refractivity contribution in [3.05, 3.63) is 30.2 Å². The molecule has 9 heteroatoms. The van der Waals surface area contributed by atoms with E-state index in [4.69, 9.17) is 4.74 Å². The van der Waals surface area contributed by atoms with Crippen LogP contribution in [0.15, 0.2) is 24.5 Å². The molecule has 0 spiro atoms. The van der Waals surface area contributed by atoms with Crippen molar-refractivity contribution in [1.29, 1.82) is 0 Å². The maximum Gasteiger partial charge on any atom is 0.316 e. The van der Waals surface area contributed by atoms with Crippen molar-refractivity contribution in [2.45, 2.75) is 20.3 Å². The molecule has 0 aromatic carbocycles. The second kappa shape index (κ2) is 10.0. The molecule has 3 N–H and O–H groups in total. The second-order valence-electron chi connectivity index (χ2n) is 5.24. The Labute approximate surface area is 146 Å². The third-order valence-corrected chi connectivity index (χ3v) is 3.02. The number of amides is 1. The molecule has 0 aliphatic carbocycles. The summed E-state index contributed by atoms with van der Waals surface area (Å²) in [4.78, 5) is 28.1. The van der Waals surface area contributed by atoms with Gasteiger partial charge in [-0.05, 0) is 19.4 Å². The quantitative estimate of drug-likeness (QED) is 0.547. The van der Waals surface area contributed by atoms with Crippen LogP contribution in [-0.4, -0.2) is 52.1 Å². The number of nitrogens with zero attached hydrogens (tertiary/aromatic N) is 4. The van der Waals surface area contributed by atoms with E-state index in [1.54, 1.807) is 18.5 Å². The van der Waals surface area contributed by atoms with Crippen LogP contribution >= 0.6 is 0 Å². The summed E-state index contributed by atoms with van der Waals surface area (Å²) in [5.74, 6) is 1.07. The lowest BCUT2D eigenvalue weighted by Crippen LogP contribution is -2.33. The molecule has 0 bridgehead atoms. The number of ether oxygens (including phenoxy) is 1. The average Bonchev–Trinajstić information content (AvgIpc) is 2.62. The maximum atomic E-state index is 11.7. The third kappa shape index (κ3) is 6.98. The van der Waals surface area contributed by atoms with Gasteiger partial charge in [-0.1, -0.05) is 6.92 Å². The summed E-state index contributed by atoms with van der Waals surface area (Å²) in [6, 6.07) is 3.75. The number of nitrogens with one attached hydrogen (secondary N) is 3. The Morgan fingerprint density at radius 2 is 1.92 bits per heavy atom. The molecular formula is C16H23N7O2. The SMILES string of the molecule is CCCNc1cc(C)nc(NCCNC(=O)COc2ncccn2)n1. The first kappa shape index (κ1) is 18.4. The van der Waals surface area contributed by atoms with Gasteiger partial charge in [0.2, 0.25) is 5.95 Å². The lowest BCUT2D eigenvalue weighted by molar-refractivity contribution is -0.123. The highest BCUT2D eigenvalue weighted by Crippen LogP contribution is 2.09. The normalized spacial score (nSPS) is 10.2. The third-order valence-electron chi connectivity index (χ3n) is 3.02. The van der Waals surface area contributed by atoms with Crippen LogP contribution in [0.2, 0.25) is 0 Å². The van der Waals surface area contributed by atoms with E-state index in [1.807, 2.05) is 13.0 Å². The Morgan fingerprint density at radius 3 is 2.68 bits per heavy atom. The zero-order valence-corrected chi connectivity index (χ0v) is 14.5. The first-order valence-electron chi connectivity index (χ1n) is 8.17. The largest absolute Gasteiger partial charge is 0.453 e. The maximum absolute atomic E-state index is 11.7. The van der Waals surface area contributed by atoms with Crippen molar-refractivity contribution in [3.63, 3.8) is 0 Å². The summed E-state index contributed by atoms with van der Waals surface area (Å²) in [6.07, 6.45) is 4.12. The molecule has 0 fully saturated rings. The van der Waals surface area contributed by atoms with Gasteiger partial charge < -0.3 is 20.7 Å². The first-order chi connectivity index (χ1) is 12.2. The summed E-state index contributed by atoms with van der Waals surface area (Å²) < 4.78 is 5.16. The Balaban J connectivity index is 1.68. The topological polar surface area (TPSA) is 114 Å². The van der Waals surface area contributed by atoms with Gasteiger partial charge in [-0.2, -0.15) is 4.98 Å². The van der Waals surface area contributed by atoms with Crippen LogP contribution in [-0.2, 0) is 4.79 Å². The van der Waals surface area contributed by atoms with E-state index in [0.717, 1.165) is 24.5 Å². The van der Waals surface area contributed by atoms with E-state index < -0.39 is 0 Å². The van der Waals surface area contributed by atoms with Crippen molar-refractivity contribution in [1.82, 2.24) is 25.3 Å². The molecule has 0 saturated carbocycles. The minimum absolute atomic E-state index is 0.129. The van der Waals surface area contributed by atoms with Gasteiger partial charge in [-0.15, -0.1) is 0 Å². The van der Waals surface area contributed by atoms with Gasteiger partial charge in [0.15, 0.2) is 6.61 Å². The number of anilines is 2. The number of hydrogen-bond acceptors (Lipinski definition) is 8. The van der Waals surface area contributed by atoms with Crippen LogP contribution in [0.1, 0.15) is 19.0 Å². The molecule has 0 saturated heterocycles. The fraction of sp³-hybridized carbons (Fsp3) is 0.438. The monoisotopic (exact) mass is 345 g/mol. The molecule has 0 radical (unpaired) electrons. The predicted octanol–water partition coefficient (Wildman–Crippen LogP) is 1.00. The summed E-state index contributed by atoms with van der Waals surface area (Å²) in [5, 5.41) is 9.05. The highest BCUT2D eigenvalue weighted by Gasteiger charge is 2.04. The Kier molecular flexibility index (Phi) is 7.36. The van der Waals surface area contributed by atoms with Crippen LogP contribution in [0.25, 0.3) is 0 Å². The van der Waals surface area contributed by atoms with E-state index >= 15 is 0 Å². The number of hydrogen-bond donors (Lipinski definition) is 3. The van der Waals surface area contributed by atoms with Crippen molar-refractivity contribution >= 4 is 17.7 Å². The molecule has 0 aliphatic rings. The van der Waals surface area contributed by atoms with Crippen LogP contribution in [0.4, 0.5) is 11.8 Å². The van der Waals surface area contributed by atoms with E-state index in [2.05, 4.69) is 42.8 Å². The molecular weight excluding hydrogens is 322 g/mol.